The molecule has 2 aromatic carbocycles. The zero-order chi connectivity index (χ0) is 28.4. The highest BCUT2D eigenvalue weighted by atomic mass is 31.1. The molecule has 2 heterocycles. The van der Waals surface area contributed by atoms with Gasteiger partial charge >= 0.3 is 20.3 Å². The van der Waals surface area contributed by atoms with E-state index in [1.807, 2.05) is 30.3 Å². The van der Waals surface area contributed by atoms with Gasteiger partial charge in [-0.3, -0.25) is 19.2 Å². The highest BCUT2D eigenvalue weighted by molar-refractivity contribution is 7.17. The predicted molar refractivity (Wildman–Crippen MR) is 138 cm³/mol. The molecule has 6 atom stereocenters. The maximum Gasteiger partial charge on any atom is 0.395 e. The number of aliphatic hydroxyl groups excluding tert-OH is 2. The second-order valence-electron chi connectivity index (χ2n) is 9.43. The molecule has 0 spiro atoms. The van der Waals surface area contributed by atoms with Gasteiger partial charge in [-0.15, -0.1) is 0 Å². The maximum absolute atomic E-state index is 13.1. The Kier molecular flexibility index (Phi) is 7.83. The Labute approximate surface area is 228 Å². The summed E-state index contributed by atoms with van der Waals surface area (Å²) in [6.45, 7) is 0.970. The fourth-order valence-electron chi connectivity index (χ4n) is 4.87. The van der Waals surface area contributed by atoms with Crippen LogP contribution in [0, 0.1) is 5.41 Å². The standard InChI is InChI=1S/C26H26N3O10P/c1-15(24(33)36-13-16-7-3-2-4-8-16)29(17-9-5-6-10-18(17)39-40-35)38-22-21-26(22,14-30)20(32)23(37-21)28-12-11-19(31)27-25(28)34/h2-12,15,20-23,30,32H,13-14H2,1H3,(H,27,31,34)/t15-,20-,21+,22?,23+,26+/m0/s1. The van der Waals surface area contributed by atoms with E-state index in [0.717, 1.165) is 16.2 Å². The molecule has 13 nitrogen and oxygen atoms in total. The molecule has 2 aliphatic rings. The number of carbonyl (C=O) groups excluding carboxylic acids is 1. The van der Waals surface area contributed by atoms with Gasteiger partial charge in [0.05, 0.1) is 12.0 Å². The van der Waals surface area contributed by atoms with Crippen LogP contribution in [0.2, 0.25) is 0 Å². The van der Waals surface area contributed by atoms with Gasteiger partial charge < -0.3 is 24.2 Å². The van der Waals surface area contributed by atoms with Gasteiger partial charge in [-0.2, -0.15) is 0 Å². The summed E-state index contributed by atoms with van der Waals surface area (Å²) in [4.78, 5) is 45.1. The number of anilines is 1. The van der Waals surface area contributed by atoms with E-state index in [4.69, 9.17) is 18.8 Å². The first kappa shape index (κ1) is 27.7. The van der Waals surface area contributed by atoms with Crippen LogP contribution >= 0.6 is 8.69 Å². The summed E-state index contributed by atoms with van der Waals surface area (Å²) >= 11 is 0. The number of hydrogen-bond donors (Lipinski definition) is 3. The summed E-state index contributed by atoms with van der Waals surface area (Å²) in [5.74, 6) is -0.522. The third-order valence-corrected chi connectivity index (χ3v) is 7.38. The Balaban J connectivity index is 1.40. The number of hydroxylamine groups is 1. The zero-order valence-corrected chi connectivity index (χ0v) is 22.0. The monoisotopic (exact) mass is 571 g/mol. The average molecular weight is 571 g/mol. The number of ether oxygens (including phenoxy) is 2. The van der Waals surface area contributed by atoms with Gasteiger partial charge in [0.1, 0.15) is 30.6 Å². The van der Waals surface area contributed by atoms with Crippen molar-refractivity contribution in [3.8, 4) is 5.75 Å². The van der Waals surface area contributed by atoms with Crippen molar-refractivity contribution in [2.45, 2.75) is 44.1 Å². The largest absolute Gasteiger partial charge is 0.459 e. The first-order chi connectivity index (χ1) is 19.3. The lowest BCUT2D eigenvalue weighted by molar-refractivity contribution is -0.150. The number of esters is 1. The minimum atomic E-state index is -1.41. The number of rotatable bonds is 11. The Morgan fingerprint density at radius 3 is 2.58 bits per heavy atom. The van der Waals surface area contributed by atoms with Crippen molar-refractivity contribution in [3.63, 3.8) is 0 Å². The van der Waals surface area contributed by atoms with Crippen LogP contribution in [0.4, 0.5) is 5.69 Å². The molecule has 0 amide bonds. The Morgan fingerprint density at radius 1 is 1.18 bits per heavy atom. The van der Waals surface area contributed by atoms with E-state index in [1.165, 1.54) is 24.3 Å². The number of carbonyl (C=O) groups is 1. The van der Waals surface area contributed by atoms with Gasteiger partial charge in [-0.1, -0.05) is 42.5 Å². The Morgan fingerprint density at radius 2 is 1.90 bits per heavy atom. The molecule has 3 aromatic rings. The normalized spacial score (nSPS) is 25.7. The highest BCUT2D eigenvalue weighted by Gasteiger charge is 2.78. The third kappa shape index (κ3) is 4.93. The summed E-state index contributed by atoms with van der Waals surface area (Å²) in [6.07, 6.45) is -3.25. The van der Waals surface area contributed by atoms with E-state index in [2.05, 4.69) is 4.98 Å². The molecule has 0 bridgehead atoms. The summed E-state index contributed by atoms with van der Waals surface area (Å²) in [6, 6.07) is 15.5. The number of benzene rings is 2. The molecule has 2 fully saturated rings. The fourth-order valence-corrected chi connectivity index (χ4v) is 5.10. The summed E-state index contributed by atoms with van der Waals surface area (Å²) in [7, 11) is -0.638. The number of aromatic amines is 1. The number of aliphatic hydroxyl groups is 2. The molecule has 5 rings (SSSR count). The smallest absolute Gasteiger partial charge is 0.395 e. The van der Waals surface area contributed by atoms with Gasteiger partial charge in [-0.25, -0.2) is 19.2 Å². The van der Waals surface area contributed by atoms with Crippen molar-refractivity contribution in [1.82, 2.24) is 9.55 Å². The summed E-state index contributed by atoms with van der Waals surface area (Å²) in [5, 5.41) is 22.7. The lowest BCUT2D eigenvalue weighted by Crippen LogP contribution is -2.45. The van der Waals surface area contributed by atoms with E-state index in [-0.39, 0.29) is 18.0 Å². The van der Waals surface area contributed by atoms with Crippen molar-refractivity contribution in [2.24, 2.45) is 5.41 Å². The molecule has 1 unspecified atom stereocenters. The van der Waals surface area contributed by atoms with Crippen molar-refractivity contribution in [2.75, 3.05) is 11.7 Å². The Bertz CT molecular complexity index is 1500. The molecule has 1 aliphatic carbocycles. The highest BCUT2D eigenvalue weighted by Crippen LogP contribution is 2.62. The number of aromatic nitrogens is 2. The molecule has 1 saturated heterocycles. The van der Waals surface area contributed by atoms with Crippen molar-refractivity contribution in [1.29, 1.82) is 0 Å². The summed E-state index contributed by atoms with van der Waals surface area (Å²) in [5.41, 5.74) is -1.74. The van der Waals surface area contributed by atoms with E-state index < -0.39 is 68.5 Å². The van der Waals surface area contributed by atoms with Crippen LogP contribution in [0.25, 0.3) is 0 Å². The second-order valence-corrected chi connectivity index (χ2v) is 9.77. The molecule has 40 heavy (non-hydrogen) atoms. The molecular formula is C26H26N3O10P. The van der Waals surface area contributed by atoms with Crippen molar-refractivity contribution >= 4 is 20.3 Å². The van der Waals surface area contributed by atoms with Gasteiger partial charge in [0.15, 0.2) is 18.0 Å². The number of para-hydroxylation sites is 2. The topological polar surface area (TPSA) is 170 Å². The second kappa shape index (κ2) is 11.3. The Hall–Kier alpha value is -3.87. The van der Waals surface area contributed by atoms with Gasteiger partial charge in [-0.05, 0) is 24.6 Å². The van der Waals surface area contributed by atoms with Crippen LogP contribution in [0.15, 0.2) is 76.4 Å². The number of nitrogens with one attached hydrogen (secondary N) is 1. The SMILES string of the molecule is C[C@@H](C(=O)OCc1ccccc1)N(OC1[C@H]2O[C@@H](n3ccc(=O)[nH]c3=O)[C@H](O)[C@@]12CO)c1ccccc1OP=O. The zero-order valence-electron chi connectivity index (χ0n) is 21.2. The predicted octanol–water partition coefficient (Wildman–Crippen LogP) is 1.31. The average Bonchev–Trinajstić information content (AvgIpc) is 3.48. The molecule has 1 saturated carbocycles. The molecule has 210 valence electrons. The molecule has 0 radical (unpaired) electrons. The molecule has 1 aliphatic heterocycles. The van der Waals surface area contributed by atoms with Gasteiger partial charge in [0.25, 0.3) is 5.56 Å². The quantitative estimate of drug-likeness (QED) is 0.172. The molecular weight excluding hydrogens is 545 g/mol. The van der Waals surface area contributed by atoms with E-state index in [1.54, 1.807) is 18.2 Å². The van der Waals surface area contributed by atoms with Gasteiger partial charge in [0.2, 0.25) is 0 Å². The van der Waals surface area contributed by atoms with Crippen LogP contribution in [-0.2, 0) is 30.3 Å². The van der Waals surface area contributed by atoms with E-state index in [0.29, 0.717) is 0 Å². The van der Waals surface area contributed by atoms with Crippen LogP contribution in [0.3, 0.4) is 0 Å². The minimum Gasteiger partial charge on any atom is -0.459 e. The maximum atomic E-state index is 13.1. The third-order valence-electron chi connectivity index (χ3n) is 7.11. The number of fused-ring (bicyclic) bond motifs is 1. The number of H-pyrrole nitrogens is 1. The van der Waals surface area contributed by atoms with Crippen LogP contribution in [0.5, 0.6) is 5.75 Å². The number of hydrogen-bond acceptors (Lipinski definition) is 11. The van der Waals surface area contributed by atoms with Crippen molar-refractivity contribution in [3.05, 3.63) is 93.3 Å². The molecule has 14 heteroatoms. The fraction of sp³-hybridized carbons (Fsp3) is 0.346. The first-order valence-electron chi connectivity index (χ1n) is 12.3. The van der Waals surface area contributed by atoms with E-state index in [9.17, 15) is 29.2 Å². The van der Waals surface area contributed by atoms with E-state index >= 15 is 0 Å². The van der Waals surface area contributed by atoms with Crippen molar-refractivity contribution < 1.29 is 38.4 Å². The number of nitrogens with zero attached hydrogens (tertiary/aromatic N) is 2. The molecule has 3 N–H and O–H groups in total. The molecule has 1 aromatic heterocycles. The van der Waals surface area contributed by atoms with Crippen LogP contribution in [0.1, 0.15) is 18.7 Å². The first-order valence-corrected chi connectivity index (χ1v) is 13.1. The lowest BCUT2D eigenvalue weighted by atomic mass is 9.99. The lowest BCUT2D eigenvalue weighted by Gasteiger charge is -2.32. The van der Waals surface area contributed by atoms with Gasteiger partial charge in [0, 0.05) is 12.3 Å². The van der Waals surface area contributed by atoms with Crippen LogP contribution < -0.4 is 20.8 Å². The summed E-state index contributed by atoms with van der Waals surface area (Å²) < 4.78 is 28.9. The van der Waals surface area contributed by atoms with Crippen LogP contribution in [-0.4, -0.2) is 56.7 Å². The minimum absolute atomic E-state index is 0.0131.